The first-order chi connectivity index (χ1) is 9.33. The van der Waals surface area contributed by atoms with Crippen molar-refractivity contribution in [3.05, 3.63) is 71.0 Å². The standard InChI is InChI=1S/C17H11NO/c19-16-7-8-18-17-14(16)6-5-13-9-11-3-1-2-4-12(11)10-15(13)17/h1-10H,(H,18,19). The second kappa shape index (κ2) is 3.69. The molecule has 2 heteroatoms. The Kier molecular flexibility index (Phi) is 2.00. The summed E-state index contributed by atoms with van der Waals surface area (Å²) in [7, 11) is 0. The minimum Gasteiger partial charge on any atom is -0.360 e. The molecule has 1 heterocycles. The van der Waals surface area contributed by atoms with Gasteiger partial charge in [0.15, 0.2) is 5.43 Å². The normalized spacial score (nSPS) is 11.4. The Morgan fingerprint density at radius 2 is 1.53 bits per heavy atom. The van der Waals surface area contributed by atoms with Crippen molar-refractivity contribution in [3.8, 4) is 0 Å². The fraction of sp³-hybridized carbons (Fsp3) is 0. The van der Waals surface area contributed by atoms with Gasteiger partial charge in [-0.15, -0.1) is 0 Å². The minimum absolute atomic E-state index is 0.0591. The second-order valence-corrected chi connectivity index (χ2v) is 4.75. The molecule has 1 N–H and O–H groups in total. The molecule has 0 spiro atoms. The van der Waals surface area contributed by atoms with Gasteiger partial charge >= 0.3 is 0 Å². The Bertz CT molecular complexity index is 982. The van der Waals surface area contributed by atoms with Crippen LogP contribution in [-0.2, 0) is 0 Å². The van der Waals surface area contributed by atoms with Crippen LogP contribution in [0.5, 0.6) is 0 Å². The third-order valence-electron chi connectivity index (χ3n) is 3.61. The van der Waals surface area contributed by atoms with Gasteiger partial charge in [-0.05, 0) is 34.4 Å². The van der Waals surface area contributed by atoms with Crippen LogP contribution in [0, 0.1) is 0 Å². The number of benzene rings is 3. The van der Waals surface area contributed by atoms with Gasteiger partial charge in [-0.2, -0.15) is 0 Å². The molecule has 0 aliphatic carbocycles. The summed E-state index contributed by atoms with van der Waals surface area (Å²) in [5.41, 5.74) is 0.972. The first-order valence-corrected chi connectivity index (χ1v) is 6.26. The summed E-state index contributed by atoms with van der Waals surface area (Å²) in [6.07, 6.45) is 1.71. The molecule has 0 unspecified atom stereocenters. The highest BCUT2D eigenvalue weighted by molar-refractivity contribution is 6.10. The van der Waals surface area contributed by atoms with E-state index in [0.29, 0.717) is 0 Å². The zero-order chi connectivity index (χ0) is 12.8. The third-order valence-corrected chi connectivity index (χ3v) is 3.61. The van der Waals surface area contributed by atoms with E-state index in [4.69, 9.17) is 0 Å². The van der Waals surface area contributed by atoms with Crippen LogP contribution in [0.2, 0.25) is 0 Å². The summed E-state index contributed by atoms with van der Waals surface area (Å²) in [5, 5.41) is 5.38. The van der Waals surface area contributed by atoms with E-state index in [0.717, 1.165) is 21.7 Å². The molecule has 0 aliphatic heterocycles. The average Bonchev–Trinajstić information content (AvgIpc) is 2.45. The fourth-order valence-electron chi connectivity index (χ4n) is 2.67. The van der Waals surface area contributed by atoms with E-state index in [2.05, 4.69) is 29.2 Å². The van der Waals surface area contributed by atoms with E-state index < -0.39 is 0 Å². The Labute approximate surface area is 109 Å². The van der Waals surface area contributed by atoms with Gasteiger partial charge in [-0.1, -0.05) is 30.3 Å². The zero-order valence-electron chi connectivity index (χ0n) is 10.2. The average molecular weight is 245 g/mol. The molecule has 0 radical (unpaired) electrons. The van der Waals surface area contributed by atoms with Crippen molar-refractivity contribution in [2.24, 2.45) is 0 Å². The number of hydrogen-bond acceptors (Lipinski definition) is 1. The maximum Gasteiger partial charge on any atom is 0.189 e. The van der Waals surface area contributed by atoms with Gasteiger partial charge in [-0.3, -0.25) is 4.79 Å². The number of fused-ring (bicyclic) bond motifs is 4. The highest BCUT2D eigenvalue weighted by Crippen LogP contribution is 2.26. The Morgan fingerprint density at radius 1 is 0.737 bits per heavy atom. The summed E-state index contributed by atoms with van der Waals surface area (Å²) in [6.45, 7) is 0. The fourth-order valence-corrected chi connectivity index (χ4v) is 2.67. The number of nitrogens with one attached hydrogen (secondary N) is 1. The molecule has 90 valence electrons. The first-order valence-electron chi connectivity index (χ1n) is 6.26. The summed E-state index contributed by atoms with van der Waals surface area (Å²) in [5.74, 6) is 0. The molecule has 0 saturated carbocycles. The topological polar surface area (TPSA) is 32.9 Å². The molecule has 0 aliphatic rings. The molecule has 3 aromatic carbocycles. The molecule has 2 nitrogen and oxygen atoms in total. The largest absolute Gasteiger partial charge is 0.360 e. The molecular weight excluding hydrogens is 234 g/mol. The number of rotatable bonds is 0. The molecule has 4 rings (SSSR count). The number of H-pyrrole nitrogens is 1. The van der Waals surface area contributed by atoms with E-state index in [1.54, 1.807) is 12.3 Å². The second-order valence-electron chi connectivity index (χ2n) is 4.75. The molecule has 0 saturated heterocycles. The number of hydrogen-bond donors (Lipinski definition) is 1. The van der Waals surface area contributed by atoms with Crippen LogP contribution >= 0.6 is 0 Å². The van der Waals surface area contributed by atoms with Crippen LogP contribution < -0.4 is 5.43 Å². The first kappa shape index (κ1) is 10.3. The molecule has 0 bridgehead atoms. The van der Waals surface area contributed by atoms with Crippen LogP contribution in [0.3, 0.4) is 0 Å². The van der Waals surface area contributed by atoms with Gasteiger partial charge in [-0.25, -0.2) is 0 Å². The predicted octanol–water partition coefficient (Wildman–Crippen LogP) is 3.83. The Balaban J connectivity index is 2.29. The van der Waals surface area contributed by atoms with Crippen LogP contribution in [0.1, 0.15) is 0 Å². The quantitative estimate of drug-likeness (QED) is 0.370. The lowest BCUT2D eigenvalue weighted by molar-refractivity contribution is 1.40. The molecule has 0 amide bonds. The van der Waals surface area contributed by atoms with Crippen LogP contribution in [0.15, 0.2) is 65.6 Å². The maximum absolute atomic E-state index is 11.9. The monoisotopic (exact) mass is 245 g/mol. The molecule has 19 heavy (non-hydrogen) atoms. The lowest BCUT2D eigenvalue weighted by Gasteiger charge is -2.05. The maximum atomic E-state index is 11.9. The van der Waals surface area contributed by atoms with Crippen molar-refractivity contribution in [2.45, 2.75) is 0 Å². The summed E-state index contributed by atoms with van der Waals surface area (Å²) in [4.78, 5) is 15.1. The third kappa shape index (κ3) is 1.47. The Hall–Kier alpha value is -2.61. The highest BCUT2D eigenvalue weighted by atomic mass is 16.1. The van der Waals surface area contributed by atoms with Gasteiger partial charge in [0.1, 0.15) is 0 Å². The van der Waals surface area contributed by atoms with Crippen LogP contribution in [0.4, 0.5) is 0 Å². The summed E-state index contributed by atoms with van der Waals surface area (Å²) in [6, 6.07) is 18.0. The lowest BCUT2D eigenvalue weighted by Crippen LogP contribution is -1.99. The van der Waals surface area contributed by atoms with Gasteiger partial charge < -0.3 is 4.98 Å². The van der Waals surface area contributed by atoms with Crippen molar-refractivity contribution < 1.29 is 0 Å². The van der Waals surface area contributed by atoms with Crippen LogP contribution in [0.25, 0.3) is 32.4 Å². The lowest BCUT2D eigenvalue weighted by atomic mass is 10.0. The van der Waals surface area contributed by atoms with Gasteiger partial charge in [0.2, 0.25) is 0 Å². The Morgan fingerprint density at radius 3 is 2.37 bits per heavy atom. The number of aromatic nitrogens is 1. The van der Waals surface area contributed by atoms with Gasteiger partial charge in [0.05, 0.1) is 5.52 Å². The summed E-state index contributed by atoms with van der Waals surface area (Å²) >= 11 is 0. The van der Waals surface area contributed by atoms with Crippen molar-refractivity contribution in [3.63, 3.8) is 0 Å². The molecule has 0 atom stereocenters. The van der Waals surface area contributed by atoms with E-state index in [9.17, 15) is 4.79 Å². The van der Waals surface area contributed by atoms with Crippen molar-refractivity contribution in [1.29, 1.82) is 0 Å². The van der Waals surface area contributed by atoms with E-state index in [1.165, 1.54) is 10.8 Å². The van der Waals surface area contributed by atoms with Crippen LogP contribution in [-0.4, -0.2) is 4.98 Å². The van der Waals surface area contributed by atoms with Gasteiger partial charge in [0.25, 0.3) is 0 Å². The molecular formula is C17H11NO. The van der Waals surface area contributed by atoms with Crippen molar-refractivity contribution in [2.75, 3.05) is 0 Å². The molecule has 0 fully saturated rings. The molecule has 1 aromatic heterocycles. The highest BCUT2D eigenvalue weighted by Gasteiger charge is 2.04. The number of aromatic amines is 1. The smallest absolute Gasteiger partial charge is 0.189 e. The summed E-state index contributed by atoms with van der Waals surface area (Å²) < 4.78 is 0. The van der Waals surface area contributed by atoms with Gasteiger partial charge in [0, 0.05) is 23.0 Å². The minimum atomic E-state index is 0.0591. The van der Waals surface area contributed by atoms with E-state index >= 15 is 0 Å². The number of pyridine rings is 1. The zero-order valence-corrected chi connectivity index (χ0v) is 10.2. The van der Waals surface area contributed by atoms with E-state index in [1.807, 2.05) is 24.3 Å². The van der Waals surface area contributed by atoms with Crippen molar-refractivity contribution >= 4 is 32.4 Å². The molecule has 4 aromatic rings. The van der Waals surface area contributed by atoms with Crippen molar-refractivity contribution in [1.82, 2.24) is 4.98 Å². The van der Waals surface area contributed by atoms with E-state index in [-0.39, 0.29) is 5.43 Å². The predicted molar refractivity (Wildman–Crippen MR) is 79.6 cm³/mol. The SMILES string of the molecule is O=c1cc[nH]c2c1ccc1cc3ccccc3cc12.